The molecule has 0 saturated carbocycles. The summed E-state index contributed by atoms with van der Waals surface area (Å²) in [6.07, 6.45) is 2.83. The van der Waals surface area contributed by atoms with Crippen molar-refractivity contribution in [3.63, 3.8) is 0 Å². The highest BCUT2D eigenvalue weighted by atomic mass is 35.5. The van der Waals surface area contributed by atoms with E-state index in [0.717, 1.165) is 51.7 Å². The van der Waals surface area contributed by atoms with Gasteiger partial charge in [0.05, 0.1) is 5.75 Å². The lowest BCUT2D eigenvalue weighted by molar-refractivity contribution is 0.0981. The summed E-state index contributed by atoms with van der Waals surface area (Å²) in [4.78, 5) is 16.1. The van der Waals surface area contributed by atoms with Gasteiger partial charge in [-0.3, -0.25) is 4.79 Å². The van der Waals surface area contributed by atoms with Gasteiger partial charge in [0.15, 0.2) is 0 Å². The zero-order valence-electron chi connectivity index (χ0n) is 19.9. The van der Waals surface area contributed by atoms with Crippen molar-refractivity contribution >= 4 is 38.4 Å². The van der Waals surface area contributed by atoms with Gasteiger partial charge in [0, 0.05) is 33.6 Å². The summed E-state index contributed by atoms with van der Waals surface area (Å²) in [7, 11) is -3.67. The maximum atomic E-state index is 12.7. The Labute approximate surface area is 211 Å². The molecule has 0 aliphatic carbocycles. The van der Waals surface area contributed by atoms with E-state index in [2.05, 4.69) is 15.8 Å². The number of H-pyrrole nitrogens is 1. The zero-order valence-corrected chi connectivity index (χ0v) is 21.5. The van der Waals surface area contributed by atoms with E-state index in [0.29, 0.717) is 23.4 Å². The molecular formula is C28H29ClN2O3S. The van der Waals surface area contributed by atoms with Crippen LogP contribution in [0.3, 0.4) is 0 Å². The molecule has 0 spiro atoms. The lowest BCUT2D eigenvalue weighted by Gasteiger charge is -2.09. The number of aromatic nitrogens is 1. The third kappa shape index (κ3) is 5.95. The Morgan fingerprint density at radius 2 is 1.74 bits per heavy atom. The van der Waals surface area contributed by atoms with Gasteiger partial charge in [-0.15, -0.1) is 0 Å². The molecule has 0 atom stereocenters. The number of hydrogen-bond donors (Lipinski definition) is 2. The standard InChI is InChI=1S/C28H29ClN2O3S/c1-3-4-8-15-35(33,34)31-28(32)23-13-14-27-25(17-23)24(19(2)30-27)16-22-12-11-21(18-26(22)29)20-9-6-5-7-10-20/h5-7,9-14,17-18,30H,3-4,8,15-16H2,1-2H3,(H,31,32). The van der Waals surface area contributed by atoms with Crippen molar-refractivity contribution < 1.29 is 13.2 Å². The van der Waals surface area contributed by atoms with Gasteiger partial charge < -0.3 is 4.98 Å². The number of carbonyl (C=O) groups excluding carboxylic acids is 1. The number of fused-ring (bicyclic) bond motifs is 1. The predicted molar refractivity (Wildman–Crippen MR) is 144 cm³/mol. The minimum Gasteiger partial charge on any atom is -0.358 e. The lowest BCUT2D eigenvalue weighted by Crippen LogP contribution is -2.32. The summed E-state index contributed by atoms with van der Waals surface area (Å²) < 4.78 is 26.8. The van der Waals surface area contributed by atoms with E-state index in [9.17, 15) is 13.2 Å². The average Bonchev–Trinajstić information content (AvgIpc) is 3.14. The molecule has 0 bridgehead atoms. The first-order chi connectivity index (χ1) is 16.8. The van der Waals surface area contributed by atoms with Crippen LogP contribution >= 0.6 is 11.6 Å². The van der Waals surface area contributed by atoms with Crippen molar-refractivity contribution in [3.05, 3.63) is 94.1 Å². The number of rotatable bonds is 9. The van der Waals surface area contributed by atoms with E-state index in [1.54, 1.807) is 12.1 Å². The number of halogens is 1. The summed E-state index contributed by atoms with van der Waals surface area (Å²) in [5.41, 5.74) is 6.32. The highest BCUT2D eigenvalue weighted by molar-refractivity contribution is 7.90. The van der Waals surface area contributed by atoms with Gasteiger partial charge >= 0.3 is 0 Å². The molecule has 0 aliphatic heterocycles. The topological polar surface area (TPSA) is 79.0 Å². The van der Waals surface area contributed by atoms with Crippen molar-refractivity contribution in [2.24, 2.45) is 0 Å². The van der Waals surface area contributed by atoms with Crippen LogP contribution in [0.4, 0.5) is 0 Å². The van der Waals surface area contributed by atoms with E-state index in [-0.39, 0.29) is 5.75 Å². The SMILES string of the molecule is CCCCCS(=O)(=O)NC(=O)c1ccc2[nH]c(C)c(Cc3ccc(-c4ccccc4)cc3Cl)c2c1. The number of unbranched alkanes of at least 4 members (excludes halogenated alkanes) is 2. The molecule has 1 amide bonds. The first kappa shape index (κ1) is 25.0. The van der Waals surface area contributed by atoms with E-state index in [1.165, 1.54) is 0 Å². The van der Waals surface area contributed by atoms with Gasteiger partial charge in [0.2, 0.25) is 10.0 Å². The molecule has 5 nitrogen and oxygen atoms in total. The van der Waals surface area contributed by atoms with Gasteiger partial charge in [-0.25, -0.2) is 13.1 Å². The second kappa shape index (κ2) is 10.7. The second-order valence-corrected chi connectivity index (χ2v) is 11.0. The Bertz CT molecular complexity index is 1460. The van der Waals surface area contributed by atoms with Crippen LogP contribution in [0.15, 0.2) is 66.7 Å². The van der Waals surface area contributed by atoms with Crippen molar-refractivity contribution in [1.82, 2.24) is 9.71 Å². The molecule has 1 heterocycles. The Morgan fingerprint density at radius 1 is 0.971 bits per heavy atom. The Kier molecular flexibility index (Phi) is 7.63. The summed E-state index contributed by atoms with van der Waals surface area (Å²) in [6.45, 7) is 3.99. The van der Waals surface area contributed by atoms with Crippen LogP contribution in [0.5, 0.6) is 0 Å². The maximum absolute atomic E-state index is 12.7. The molecule has 7 heteroatoms. The molecule has 0 fully saturated rings. The van der Waals surface area contributed by atoms with E-state index in [4.69, 9.17) is 11.6 Å². The van der Waals surface area contributed by atoms with Crippen LogP contribution in [-0.2, 0) is 16.4 Å². The smallest absolute Gasteiger partial charge is 0.264 e. The summed E-state index contributed by atoms with van der Waals surface area (Å²) >= 11 is 6.67. The molecule has 3 aromatic carbocycles. The number of nitrogens with one attached hydrogen (secondary N) is 2. The third-order valence-electron chi connectivity index (χ3n) is 6.17. The fourth-order valence-electron chi connectivity index (χ4n) is 4.24. The molecule has 0 aliphatic rings. The molecule has 4 rings (SSSR count). The summed E-state index contributed by atoms with van der Waals surface area (Å²) in [5, 5.41) is 1.55. The van der Waals surface area contributed by atoms with Crippen LogP contribution in [0.1, 0.15) is 53.4 Å². The lowest BCUT2D eigenvalue weighted by atomic mass is 9.98. The van der Waals surface area contributed by atoms with Gasteiger partial charge in [-0.05, 0) is 59.9 Å². The highest BCUT2D eigenvalue weighted by Crippen LogP contribution is 2.31. The average molecular weight is 509 g/mol. The Morgan fingerprint density at radius 3 is 2.46 bits per heavy atom. The normalized spacial score (nSPS) is 11.6. The second-order valence-electron chi connectivity index (χ2n) is 8.80. The largest absolute Gasteiger partial charge is 0.358 e. The fourth-order valence-corrected chi connectivity index (χ4v) is 5.57. The fraction of sp³-hybridized carbons (Fsp3) is 0.250. The van der Waals surface area contributed by atoms with Gasteiger partial charge in [-0.2, -0.15) is 0 Å². The number of amides is 1. The maximum Gasteiger partial charge on any atom is 0.264 e. The van der Waals surface area contributed by atoms with Gasteiger partial charge in [0.25, 0.3) is 5.91 Å². The minimum absolute atomic E-state index is 0.0547. The van der Waals surface area contributed by atoms with Gasteiger partial charge in [0.1, 0.15) is 0 Å². The molecule has 1 aromatic heterocycles. The predicted octanol–water partition coefficient (Wildman–Crippen LogP) is 6.64. The van der Waals surface area contributed by atoms with Crippen LogP contribution in [0.25, 0.3) is 22.0 Å². The Hall–Kier alpha value is -3.09. The minimum atomic E-state index is -3.67. The molecule has 4 aromatic rings. The highest BCUT2D eigenvalue weighted by Gasteiger charge is 2.18. The number of aryl methyl sites for hydroxylation is 1. The monoisotopic (exact) mass is 508 g/mol. The van der Waals surface area contributed by atoms with Crippen molar-refractivity contribution in [2.45, 2.75) is 39.5 Å². The van der Waals surface area contributed by atoms with Crippen molar-refractivity contribution in [3.8, 4) is 11.1 Å². The number of hydrogen-bond acceptors (Lipinski definition) is 3. The van der Waals surface area contributed by atoms with E-state index < -0.39 is 15.9 Å². The third-order valence-corrected chi connectivity index (χ3v) is 7.85. The summed E-state index contributed by atoms with van der Waals surface area (Å²) in [6, 6.07) is 21.3. The Balaban J connectivity index is 1.59. The molecular weight excluding hydrogens is 480 g/mol. The number of aromatic amines is 1. The number of sulfonamides is 1. The van der Waals surface area contributed by atoms with E-state index >= 15 is 0 Å². The molecule has 0 radical (unpaired) electrons. The van der Waals surface area contributed by atoms with Crippen LogP contribution in [-0.4, -0.2) is 25.1 Å². The van der Waals surface area contributed by atoms with Crippen LogP contribution in [0, 0.1) is 6.92 Å². The number of carbonyl (C=O) groups is 1. The van der Waals surface area contributed by atoms with Gasteiger partial charge in [-0.1, -0.05) is 73.8 Å². The van der Waals surface area contributed by atoms with Crippen molar-refractivity contribution in [1.29, 1.82) is 0 Å². The van der Waals surface area contributed by atoms with Crippen molar-refractivity contribution in [2.75, 3.05) is 5.75 Å². The van der Waals surface area contributed by atoms with Crippen LogP contribution < -0.4 is 4.72 Å². The number of benzene rings is 3. The molecule has 0 saturated heterocycles. The molecule has 35 heavy (non-hydrogen) atoms. The van der Waals surface area contributed by atoms with E-state index in [1.807, 2.05) is 62.4 Å². The first-order valence-electron chi connectivity index (χ1n) is 11.8. The summed E-state index contributed by atoms with van der Waals surface area (Å²) in [5.74, 6) is -0.667. The molecule has 182 valence electrons. The molecule has 2 N–H and O–H groups in total. The van der Waals surface area contributed by atoms with Crippen LogP contribution in [0.2, 0.25) is 5.02 Å². The first-order valence-corrected chi connectivity index (χ1v) is 13.8. The quantitative estimate of drug-likeness (QED) is 0.249. The molecule has 0 unspecified atom stereocenters. The zero-order chi connectivity index (χ0) is 25.0.